The molecule has 4 atom stereocenters. The molecule has 4 aromatic carbocycles. The summed E-state index contributed by atoms with van der Waals surface area (Å²) in [4.78, 5) is 23.8. The third-order valence-electron chi connectivity index (χ3n) is 11.7. The van der Waals surface area contributed by atoms with Gasteiger partial charge in [0.2, 0.25) is 6.79 Å². The number of rotatable bonds is 6. The number of hydrogen-bond donors (Lipinski definition) is 0. The van der Waals surface area contributed by atoms with Crippen LogP contribution < -0.4 is 4.74 Å². The average Bonchev–Trinajstić information content (AvgIpc) is 3.11. The number of ether oxygens (including phenoxy) is 3. The van der Waals surface area contributed by atoms with Crippen LogP contribution in [0.25, 0.3) is 0 Å². The van der Waals surface area contributed by atoms with Crippen LogP contribution in [0.3, 0.4) is 0 Å². The lowest BCUT2D eigenvalue weighted by atomic mass is 9.55. The molecule has 292 valence electrons. The van der Waals surface area contributed by atoms with Gasteiger partial charge in [-0.3, -0.25) is 0 Å². The quantitative estimate of drug-likeness (QED) is 0.112. The Morgan fingerprint density at radius 3 is 1.04 bits per heavy atom. The minimum Gasteiger partial charge on any atom is -0.457 e. The third kappa shape index (κ3) is 11.4. The fourth-order valence-corrected chi connectivity index (χ4v) is 7.05. The molecule has 0 aromatic heterocycles. The summed E-state index contributed by atoms with van der Waals surface area (Å²) in [6.45, 7) is 25.5. The predicted molar refractivity (Wildman–Crippen MR) is 226 cm³/mol. The monoisotopic (exact) mass is 734 g/mol. The van der Waals surface area contributed by atoms with E-state index >= 15 is 0 Å². The molecule has 7 rings (SSSR count). The number of esters is 2. The number of fused-ring (bicyclic) bond motifs is 2. The van der Waals surface area contributed by atoms with Crippen molar-refractivity contribution in [2.45, 2.75) is 97.9 Å². The number of aryl methyl sites for hydroxylation is 8. The zero-order valence-electron chi connectivity index (χ0n) is 33.3. The van der Waals surface area contributed by atoms with E-state index in [0.717, 1.165) is 69.3 Å². The topological polar surface area (TPSA) is 61.8 Å². The summed E-state index contributed by atoms with van der Waals surface area (Å²) in [5.74, 6) is 6.13. The molecule has 0 saturated heterocycles. The highest BCUT2D eigenvalue weighted by Gasteiger charge is 2.43. The van der Waals surface area contributed by atoms with E-state index in [1.807, 2.05) is 52.0 Å². The molecule has 0 N–H and O–H groups in total. The first-order valence-corrected chi connectivity index (χ1v) is 18.6. The Morgan fingerprint density at radius 1 is 0.444 bits per heavy atom. The van der Waals surface area contributed by atoms with Gasteiger partial charge in [-0.25, -0.2) is 9.59 Å². The van der Waals surface area contributed by atoms with E-state index in [2.05, 4.69) is 91.8 Å². The van der Waals surface area contributed by atoms with E-state index in [9.17, 15) is 9.59 Å². The average molecular weight is 735 g/mol. The second-order valence-corrected chi connectivity index (χ2v) is 15.1. The molecule has 1 saturated carbocycles. The number of allylic oxidation sites excluding steroid dienone is 2. The van der Waals surface area contributed by atoms with Crippen LogP contribution in [0, 0.1) is 90.9 Å². The van der Waals surface area contributed by atoms with Crippen LogP contribution in [0.15, 0.2) is 84.9 Å². The van der Waals surface area contributed by atoms with Gasteiger partial charge >= 0.3 is 11.9 Å². The molecule has 0 aliphatic heterocycles. The number of carbonyl (C=O) groups is 2. The largest absolute Gasteiger partial charge is 0.457 e. The number of hydrogen-bond acceptors (Lipinski definition) is 5. The normalized spacial score (nSPS) is 20.4. The van der Waals surface area contributed by atoms with Gasteiger partial charge in [-0.15, -0.1) is 0 Å². The van der Waals surface area contributed by atoms with E-state index in [4.69, 9.17) is 14.2 Å². The second kappa shape index (κ2) is 20.2. The molecule has 2 bridgehead atoms. The van der Waals surface area contributed by atoms with Crippen LogP contribution in [-0.4, -0.2) is 18.7 Å². The summed E-state index contributed by atoms with van der Waals surface area (Å²) >= 11 is 0. The molecule has 4 unspecified atom stereocenters. The molecule has 4 aromatic rings. The van der Waals surface area contributed by atoms with Gasteiger partial charge in [-0.05, 0) is 184 Å². The van der Waals surface area contributed by atoms with Crippen molar-refractivity contribution in [3.05, 3.63) is 141 Å². The first kappa shape index (κ1) is 45.5. The van der Waals surface area contributed by atoms with Crippen molar-refractivity contribution < 1.29 is 23.8 Å². The van der Waals surface area contributed by atoms with Gasteiger partial charge in [0.05, 0.1) is 11.1 Å². The summed E-state index contributed by atoms with van der Waals surface area (Å²) in [5.41, 5.74) is 10.2. The smallest absolute Gasteiger partial charge is 0.341 e. The molecular weight excluding hydrogens is 669 g/mol. The van der Waals surface area contributed by atoms with Crippen molar-refractivity contribution in [3.63, 3.8) is 0 Å². The lowest BCUT2D eigenvalue weighted by molar-refractivity contribution is -0.0167. The maximum atomic E-state index is 11.9. The number of benzene rings is 4. The highest BCUT2D eigenvalue weighted by molar-refractivity contribution is 5.91. The van der Waals surface area contributed by atoms with Crippen LogP contribution >= 0.6 is 0 Å². The SMILES string of the molecule is C.C.CC1C(C)C2C=CC1C(C)C2C.Cc1ccc(C(=O)OCOC(=O)c2ccc(C)c(C)c2)cc1C.Cc1ccc(Oc2ccc(C)c(C)c2)cc1C. The van der Waals surface area contributed by atoms with Crippen LogP contribution in [0.5, 0.6) is 11.5 Å². The first-order chi connectivity index (χ1) is 24.6. The van der Waals surface area contributed by atoms with Crippen molar-refractivity contribution in [1.29, 1.82) is 0 Å². The summed E-state index contributed by atoms with van der Waals surface area (Å²) < 4.78 is 15.8. The third-order valence-corrected chi connectivity index (χ3v) is 11.7. The first-order valence-electron chi connectivity index (χ1n) is 18.6. The minimum absolute atomic E-state index is 0. The maximum absolute atomic E-state index is 11.9. The Balaban J connectivity index is 0.000000288. The highest BCUT2D eigenvalue weighted by Crippen LogP contribution is 2.50. The van der Waals surface area contributed by atoms with Crippen molar-refractivity contribution in [2.24, 2.45) is 35.5 Å². The molecule has 0 heterocycles. The lowest BCUT2D eigenvalue weighted by Gasteiger charge is -2.50. The molecular formula is C49H66O5. The van der Waals surface area contributed by atoms with Gasteiger partial charge in [-0.2, -0.15) is 0 Å². The van der Waals surface area contributed by atoms with Crippen molar-refractivity contribution in [2.75, 3.05) is 6.79 Å². The van der Waals surface area contributed by atoms with E-state index in [0.29, 0.717) is 11.1 Å². The minimum atomic E-state index is -0.513. The molecule has 5 nitrogen and oxygen atoms in total. The Morgan fingerprint density at radius 2 is 0.741 bits per heavy atom. The molecule has 5 heteroatoms. The summed E-state index contributed by atoms with van der Waals surface area (Å²) in [6.07, 6.45) is 4.94. The fraction of sp³-hybridized carbons (Fsp3) is 0.429. The van der Waals surface area contributed by atoms with Crippen molar-refractivity contribution in [1.82, 2.24) is 0 Å². The van der Waals surface area contributed by atoms with E-state index < -0.39 is 18.7 Å². The molecule has 54 heavy (non-hydrogen) atoms. The van der Waals surface area contributed by atoms with E-state index in [1.165, 1.54) is 22.3 Å². The second-order valence-electron chi connectivity index (χ2n) is 15.1. The lowest BCUT2D eigenvalue weighted by Crippen LogP contribution is -2.44. The molecule has 3 aliphatic carbocycles. The molecule has 3 aliphatic rings. The molecule has 1 fully saturated rings. The van der Waals surface area contributed by atoms with Gasteiger partial charge in [0.1, 0.15) is 11.5 Å². The van der Waals surface area contributed by atoms with Crippen LogP contribution in [0.4, 0.5) is 0 Å². The standard InChI is InChI=1S/C19H20O4.C16H18O.C12H20.2CH4/c1-12-5-7-16(9-14(12)3)18(20)22-11-23-19(21)17-8-6-13(2)15(4)10-17;1-11-5-7-15(9-13(11)3)17-16-8-6-12(2)14(4)10-16;1-7-8(2)12-6-5-11(7)9(3)10(12)4;;/h5-10H,11H2,1-4H3;5-10H,1-4H3;5-12H,1-4H3;2*1H4. The molecule has 0 spiro atoms. The van der Waals surface area contributed by atoms with E-state index in [-0.39, 0.29) is 14.9 Å². The van der Waals surface area contributed by atoms with Gasteiger partial charge < -0.3 is 14.2 Å². The van der Waals surface area contributed by atoms with Gasteiger partial charge in [-0.1, -0.05) is 79.0 Å². The van der Waals surface area contributed by atoms with Gasteiger partial charge in [0.25, 0.3) is 0 Å². The van der Waals surface area contributed by atoms with Crippen LogP contribution in [0.1, 0.15) is 108 Å². The van der Waals surface area contributed by atoms with Crippen molar-refractivity contribution in [3.8, 4) is 11.5 Å². The Bertz CT molecular complexity index is 1750. The highest BCUT2D eigenvalue weighted by atomic mass is 16.7. The molecule has 0 radical (unpaired) electrons. The fourth-order valence-electron chi connectivity index (χ4n) is 7.05. The Kier molecular flexibility index (Phi) is 17.0. The van der Waals surface area contributed by atoms with Crippen molar-refractivity contribution >= 4 is 11.9 Å². The van der Waals surface area contributed by atoms with Gasteiger partial charge in [0, 0.05) is 0 Å². The predicted octanol–water partition coefficient (Wildman–Crippen LogP) is 13.2. The van der Waals surface area contributed by atoms with E-state index in [1.54, 1.807) is 24.3 Å². The van der Waals surface area contributed by atoms with Gasteiger partial charge in [0.15, 0.2) is 0 Å². The van der Waals surface area contributed by atoms with Crippen LogP contribution in [-0.2, 0) is 9.47 Å². The maximum Gasteiger partial charge on any atom is 0.341 e. The Hall–Kier alpha value is -4.64. The summed E-state index contributed by atoms with van der Waals surface area (Å²) in [5, 5.41) is 0. The Labute approximate surface area is 327 Å². The zero-order valence-corrected chi connectivity index (χ0v) is 33.3. The zero-order chi connectivity index (χ0) is 38.3. The van der Waals surface area contributed by atoms with Crippen LogP contribution in [0.2, 0.25) is 0 Å². The summed E-state index contributed by atoms with van der Waals surface area (Å²) in [7, 11) is 0. The number of carbonyl (C=O) groups excluding carboxylic acids is 2. The molecule has 0 amide bonds. The summed E-state index contributed by atoms with van der Waals surface area (Å²) in [6, 6.07) is 22.9.